The van der Waals surface area contributed by atoms with Crippen LogP contribution < -0.4 is 4.90 Å². The van der Waals surface area contributed by atoms with Crippen molar-refractivity contribution in [2.24, 2.45) is 0 Å². The first-order valence-corrected chi connectivity index (χ1v) is 8.84. The number of anilines is 1. The Labute approximate surface area is 157 Å². The van der Waals surface area contributed by atoms with Crippen LogP contribution >= 0.6 is 0 Å². The summed E-state index contributed by atoms with van der Waals surface area (Å²) in [5.41, 5.74) is 0.278. The third-order valence-electron chi connectivity index (χ3n) is 4.52. The molecule has 27 heavy (non-hydrogen) atoms. The molecule has 0 saturated heterocycles. The van der Waals surface area contributed by atoms with Gasteiger partial charge in [0, 0.05) is 24.6 Å². The van der Waals surface area contributed by atoms with Crippen molar-refractivity contribution < 1.29 is 23.9 Å². The molecular formula is C21H21NO5. The number of hydrogen-bond donors (Lipinski definition) is 0. The maximum absolute atomic E-state index is 13.4. The van der Waals surface area contributed by atoms with Crippen molar-refractivity contribution >= 4 is 23.5 Å². The van der Waals surface area contributed by atoms with Crippen LogP contribution in [0, 0.1) is 0 Å². The Morgan fingerprint density at radius 3 is 2.37 bits per heavy atom. The average molecular weight is 367 g/mol. The van der Waals surface area contributed by atoms with Gasteiger partial charge in [-0.25, -0.2) is 4.79 Å². The molecule has 1 aliphatic rings. The number of nitrogens with zero attached hydrogens (tertiary/aromatic N) is 1. The first-order chi connectivity index (χ1) is 13.0. The molecule has 0 aromatic heterocycles. The number of ether oxygens (including phenoxy) is 2. The SMILES string of the molecule is CCOC(=O)c1ccc2c(c1)C(OC(C)=O)(c1ccccc1)C(=O)N2CC. The van der Waals surface area contributed by atoms with Gasteiger partial charge in [0.1, 0.15) is 0 Å². The monoisotopic (exact) mass is 367 g/mol. The lowest BCUT2D eigenvalue weighted by molar-refractivity contribution is -0.161. The first-order valence-electron chi connectivity index (χ1n) is 8.84. The molecule has 0 spiro atoms. The van der Waals surface area contributed by atoms with Gasteiger partial charge >= 0.3 is 11.9 Å². The number of amides is 1. The van der Waals surface area contributed by atoms with E-state index in [2.05, 4.69) is 0 Å². The highest BCUT2D eigenvalue weighted by Crippen LogP contribution is 2.47. The Morgan fingerprint density at radius 2 is 1.78 bits per heavy atom. The van der Waals surface area contributed by atoms with Gasteiger partial charge in [-0.2, -0.15) is 0 Å². The number of rotatable bonds is 5. The molecule has 3 rings (SSSR count). The number of fused-ring (bicyclic) bond motifs is 1. The largest absolute Gasteiger partial charge is 0.462 e. The Bertz CT molecular complexity index is 893. The van der Waals surface area contributed by atoms with Crippen LogP contribution in [0.2, 0.25) is 0 Å². The fourth-order valence-electron chi connectivity index (χ4n) is 3.45. The molecule has 0 radical (unpaired) electrons. The summed E-state index contributed by atoms with van der Waals surface area (Å²) in [7, 11) is 0. The maximum Gasteiger partial charge on any atom is 0.338 e. The Kier molecular flexibility index (Phi) is 4.99. The highest BCUT2D eigenvalue weighted by Gasteiger charge is 2.55. The molecule has 0 aliphatic carbocycles. The standard InChI is InChI=1S/C21H21NO5/c1-4-22-18-12-11-15(19(24)26-5-2)13-17(18)21(20(22)25,27-14(3)23)16-9-7-6-8-10-16/h6-13H,4-5H2,1-3H3. The Morgan fingerprint density at radius 1 is 1.07 bits per heavy atom. The lowest BCUT2D eigenvalue weighted by Crippen LogP contribution is -2.44. The normalized spacial score (nSPS) is 18.2. The third-order valence-corrected chi connectivity index (χ3v) is 4.52. The fourth-order valence-corrected chi connectivity index (χ4v) is 3.45. The van der Waals surface area contributed by atoms with Gasteiger partial charge < -0.3 is 14.4 Å². The van der Waals surface area contributed by atoms with Crippen molar-refractivity contribution in [1.29, 1.82) is 0 Å². The average Bonchev–Trinajstić information content (AvgIpc) is 2.90. The van der Waals surface area contributed by atoms with Crippen LogP contribution in [0.5, 0.6) is 0 Å². The van der Waals surface area contributed by atoms with E-state index in [4.69, 9.17) is 9.47 Å². The molecule has 1 atom stereocenters. The second-order valence-corrected chi connectivity index (χ2v) is 6.14. The molecule has 2 aromatic rings. The van der Waals surface area contributed by atoms with E-state index in [0.29, 0.717) is 28.9 Å². The van der Waals surface area contributed by atoms with Crippen LogP contribution in [-0.2, 0) is 24.7 Å². The van der Waals surface area contributed by atoms with E-state index in [-0.39, 0.29) is 12.5 Å². The van der Waals surface area contributed by atoms with Crippen LogP contribution in [0.3, 0.4) is 0 Å². The van der Waals surface area contributed by atoms with E-state index >= 15 is 0 Å². The summed E-state index contributed by atoms with van der Waals surface area (Å²) in [6.45, 7) is 5.47. The lowest BCUT2D eigenvalue weighted by Gasteiger charge is -2.28. The summed E-state index contributed by atoms with van der Waals surface area (Å²) in [4.78, 5) is 39.1. The second-order valence-electron chi connectivity index (χ2n) is 6.14. The summed E-state index contributed by atoms with van der Waals surface area (Å²) >= 11 is 0. The number of esters is 2. The highest BCUT2D eigenvalue weighted by molar-refractivity contribution is 6.11. The van der Waals surface area contributed by atoms with Crippen molar-refractivity contribution in [3.63, 3.8) is 0 Å². The summed E-state index contributed by atoms with van der Waals surface area (Å²) in [5.74, 6) is -1.44. The van der Waals surface area contributed by atoms with Gasteiger partial charge in [-0.15, -0.1) is 0 Å². The zero-order valence-electron chi connectivity index (χ0n) is 15.5. The van der Waals surface area contributed by atoms with Crippen LogP contribution in [0.1, 0.15) is 42.3 Å². The molecular weight excluding hydrogens is 346 g/mol. The predicted octanol–water partition coefficient (Wildman–Crippen LogP) is 3.04. The van der Waals surface area contributed by atoms with Gasteiger partial charge in [-0.3, -0.25) is 9.59 Å². The summed E-state index contributed by atoms with van der Waals surface area (Å²) in [6, 6.07) is 13.7. The van der Waals surface area contributed by atoms with E-state index in [0.717, 1.165) is 0 Å². The van der Waals surface area contributed by atoms with Crippen molar-refractivity contribution in [3.05, 3.63) is 65.2 Å². The Balaban J connectivity index is 2.28. The number of benzene rings is 2. The number of hydrogen-bond acceptors (Lipinski definition) is 5. The second kappa shape index (κ2) is 7.23. The quantitative estimate of drug-likeness (QED) is 0.760. The molecule has 6 heteroatoms. The third kappa shape index (κ3) is 2.97. The highest BCUT2D eigenvalue weighted by atomic mass is 16.6. The van der Waals surface area contributed by atoms with E-state index in [1.807, 2.05) is 13.0 Å². The zero-order chi connectivity index (χ0) is 19.6. The van der Waals surface area contributed by atoms with E-state index in [9.17, 15) is 14.4 Å². The van der Waals surface area contributed by atoms with Crippen LogP contribution in [0.4, 0.5) is 5.69 Å². The van der Waals surface area contributed by atoms with Gasteiger partial charge in [0.05, 0.1) is 17.9 Å². The van der Waals surface area contributed by atoms with E-state index in [1.165, 1.54) is 6.92 Å². The molecule has 0 N–H and O–H groups in total. The minimum absolute atomic E-state index is 0.240. The number of likely N-dealkylation sites (N-methyl/N-ethyl adjacent to an activating group) is 1. The minimum Gasteiger partial charge on any atom is -0.462 e. The topological polar surface area (TPSA) is 72.9 Å². The lowest BCUT2D eigenvalue weighted by atomic mass is 9.86. The van der Waals surface area contributed by atoms with Crippen LogP contribution in [0.25, 0.3) is 0 Å². The molecule has 6 nitrogen and oxygen atoms in total. The molecule has 0 fully saturated rings. The van der Waals surface area contributed by atoms with Crippen molar-refractivity contribution in [1.82, 2.24) is 0 Å². The molecule has 0 bridgehead atoms. The Hall–Kier alpha value is -3.15. The molecule has 2 aromatic carbocycles. The summed E-state index contributed by atoms with van der Waals surface area (Å²) in [5, 5.41) is 0. The summed E-state index contributed by atoms with van der Waals surface area (Å²) < 4.78 is 10.7. The molecule has 1 heterocycles. The van der Waals surface area contributed by atoms with Crippen molar-refractivity contribution in [2.75, 3.05) is 18.1 Å². The summed E-state index contributed by atoms with van der Waals surface area (Å²) in [6.07, 6.45) is 0. The van der Waals surface area contributed by atoms with Crippen molar-refractivity contribution in [3.8, 4) is 0 Å². The van der Waals surface area contributed by atoms with Gasteiger partial charge in [0.2, 0.25) is 5.60 Å². The molecule has 1 unspecified atom stereocenters. The van der Waals surface area contributed by atoms with Gasteiger partial charge in [0.25, 0.3) is 5.91 Å². The van der Waals surface area contributed by atoms with E-state index < -0.39 is 17.5 Å². The predicted molar refractivity (Wildman–Crippen MR) is 99.4 cm³/mol. The van der Waals surface area contributed by atoms with Gasteiger partial charge in [0.15, 0.2) is 0 Å². The van der Waals surface area contributed by atoms with Crippen molar-refractivity contribution in [2.45, 2.75) is 26.4 Å². The van der Waals surface area contributed by atoms with E-state index in [1.54, 1.807) is 54.3 Å². The zero-order valence-corrected chi connectivity index (χ0v) is 15.5. The maximum atomic E-state index is 13.4. The van der Waals surface area contributed by atoms with Crippen LogP contribution in [0.15, 0.2) is 48.5 Å². The fraction of sp³-hybridized carbons (Fsp3) is 0.286. The molecule has 1 amide bonds. The molecule has 0 saturated carbocycles. The van der Waals surface area contributed by atoms with Crippen LogP contribution in [-0.4, -0.2) is 31.0 Å². The molecule has 140 valence electrons. The molecule has 1 aliphatic heterocycles. The number of carbonyl (C=O) groups is 3. The first kappa shape index (κ1) is 18.6. The van der Waals surface area contributed by atoms with Gasteiger partial charge in [-0.1, -0.05) is 30.3 Å². The minimum atomic E-state index is -1.62. The number of carbonyl (C=O) groups excluding carboxylic acids is 3. The van der Waals surface area contributed by atoms with Gasteiger partial charge in [-0.05, 0) is 32.0 Å². The smallest absolute Gasteiger partial charge is 0.338 e.